The van der Waals surface area contributed by atoms with Crippen molar-refractivity contribution in [3.63, 3.8) is 0 Å². The number of thiazole rings is 1. The number of aryl methyl sites for hydroxylation is 1. The summed E-state index contributed by atoms with van der Waals surface area (Å²) in [6.45, 7) is 3.64. The molecule has 4 nitrogen and oxygen atoms in total. The zero-order valence-electron chi connectivity index (χ0n) is 11.6. The fourth-order valence-electron chi connectivity index (χ4n) is 1.74. The molecule has 0 aliphatic rings. The third-order valence-electron chi connectivity index (χ3n) is 2.81. The van der Waals surface area contributed by atoms with Crippen LogP contribution in [0.2, 0.25) is 0 Å². The molecule has 0 radical (unpaired) electrons. The smallest absolute Gasteiger partial charge is 0.188 e. The maximum atomic E-state index is 5.83. The standard InChI is InChI=1S/C14H20N4S2/c1-2-13-18-11(10-20-13)5-7-16-14(15)17-8-6-12-4-3-9-19-12/h3-4,9-10H,2,5-8H2,1H3,(H3,15,16,17). The first-order chi connectivity index (χ1) is 9.78. The highest BCUT2D eigenvalue weighted by Crippen LogP contribution is 2.10. The first-order valence-electron chi connectivity index (χ1n) is 6.77. The van der Waals surface area contributed by atoms with Gasteiger partial charge in [-0.05, 0) is 17.9 Å². The zero-order chi connectivity index (χ0) is 14.2. The summed E-state index contributed by atoms with van der Waals surface area (Å²) in [5, 5.41) is 8.52. The minimum absolute atomic E-state index is 0.521. The van der Waals surface area contributed by atoms with Crippen LogP contribution in [0.25, 0.3) is 0 Å². The van der Waals surface area contributed by atoms with Crippen LogP contribution in [-0.2, 0) is 19.3 Å². The maximum absolute atomic E-state index is 5.83. The monoisotopic (exact) mass is 308 g/mol. The van der Waals surface area contributed by atoms with Gasteiger partial charge in [0, 0.05) is 36.2 Å². The van der Waals surface area contributed by atoms with Crippen molar-refractivity contribution >= 4 is 28.6 Å². The predicted molar refractivity (Wildman–Crippen MR) is 87.7 cm³/mol. The van der Waals surface area contributed by atoms with Crippen molar-refractivity contribution in [2.45, 2.75) is 26.2 Å². The Morgan fingerprint density at radius 3 is 3.00 bits per heavy atom. The summed E-state index contributed by atoms with van der Waals surface area (Å²) in [6, 6.07) is 4.18. The van der Waals surface area contributed by atoms with Gasteiger partial charge in [0.05, 0.1) is 10.7 Å². The van der Waals surface area contributed by atoms with E-state index < -0.39 is 0 Å². The fraction of sp³-hybridized carbons (Fsp3) is 0.429. The normalized spacial score (nSPS) is 11.8. The van der Waals surface area contributed by atoms with E-state index >= 15 is 0 Å². The SMILES string of the molecule is CCc1nc(CCNC(N)=NCCc2cccs2)cs1. The zero-order valence-corrected chi connectivity index (χ0v) is 13.3. The van der Waals surface area contributed by atoms with Gasteiger partial charge in [0.25, 0.3) is 0 Å². The second-order valence-electron chi connectivity index (χ2n) is 4.36. The summed E-state index contributed by atoms with van der Waals surface area (Å²) in [4.78, 5) is 10.2. The van der Waals surface area contributed by atoms with Gasteiger partial charge in [0.15, 0.2) is 5.96 Å². The number of rotatable bonds is 7. The van der Waals surface area contributed by atoms with Crippen LogP contribution in [0, 0.1) is 0 Å². The van der Waals surface area contributed by atoms with Crippen LogP contribution in [-0.4, -0.2) is 24.0 Å². The molecule has 0 unspecified atom stereocenters. The topological polar surface area (TPSA) is 63.3 Å². The summed E-state index contributed by atoms with van der Waals surface area (Å²) in [5.74, 6) is 0.521. The second kappa shape index (κ2) is 8.01. The third kappa shape index (κ3) is 4.94. The number of thiophene rings is 1. The molecule has 2 rings (SSSR count). The lowest BCUT2D eigenvalue weighted by Crippen LogP contribution is -2.33. The van der Waals surface area contributed by atoms with E-state index in [-0.39, 0.29) is 0 Å². The Morgan fingerprint density at radius 2 is 2.30 bits per heavy atom. The largest absolute Gasteiger partial charge is 0.370 e. The molecule has 20 heavy (non-hydrogen) atoms. The molecule has 108 valence electrons. The van der Waals surface area contributed by atoms with Gasteiger partial charge in [0.1, 0.15) is 0 Å². The number of nitrogens with zero attached hydrogens (tertiary/aromatic N) is 2. The van der Waals surface area contributed by atoms with E-state index in [0.717, 1.165) is 38.0 Å². The van der Waals surface area contributed by atoms with E-state index in [4.69, 9.17) is 5.73 Å². The lowest BCUT2D eigenvalue weighted by Gasteiger charge is -2.04. The number of aromatic nitrogens is 1. The van der Waals surface area contributed by atoms with Gasteiger partial charge < -0.3 is 11.1 Å². The van der Waals surface area contributed by atoms with Crippen molar-refractivity contribution in [1.82, 2.24) is 10.3 Å². The van der Waals surface area contributed by atoms with Crippen molar-refractivity contribution in [3.05, 3.63) is 38.5 Å². The minimum atomic E-state index is 0.521. The summed E-state index contributed by atoms with van der Waals surface area (Å²) in [5.41, 5.74) is 6.96. The number of nitrogens with one attached hydrogen (secondary N) is 1. The molecule has 0 saturated carbocycles. The van der Waals surface area contributed by atoms with Crippen molar-refractivity contribution in [1.29, 1.82) is 0 Å². The Bertz CT molecular complexity index is 531. The molecule has 0 spiro atoms. The van der Waals surface area contributed by atoms with Gasteiger partial charge in [-0.25, -0.2) is 4.98 Å². The van der Waals surface area contributed by atoms with Crippen LogP contribution < -0.4 is 11.1 Å². The Balaban J connectivity index is 1.65. The van der Waals surface area contributed by atoms with Crippen molar-refractivity contribution in [2.75, 3.05) is 13.1 Å². The Kier molecular flexibility index (Phi) is 6.01. The number of hydrogen-bond donors (Lipinski definition) is 2. The molecule has 0 aliphatic carbocycles. The molecule has 3 N–H and O–H groups in total. The summed E-state index contributed by atoms with van der Waals surface area (Å²) in [6.07, 6.45) is 2.84. The number of aliphatic imine (C=N–C) groups is 1. The molecule has 6 heteroatoms. The molecule has 2 aromatic rings. The lowest BCUT2D eigenvalue weighted by molar-refractivity contribution is 0.826. The molecule has 0 aromatic carbocycles. The third-order valence-corrected chi connectivity index (χ3v) is 4.79. The van der Waals surface area contributed by atoms with Crippen molar-refractivity contribution in [2.24, 2.45) is 10.7 Å². The molecule has 0 saturated heterocycles. The van der Waals surface area contributed by atoms with Crippen LogP contribution >= 0.6 is 22.7 Å². The highest BCUT2D eigenvalue weighted by atomic mass is 32.1. The van der Waals surface area contributed by atoms with E-state index in [2.05, 4.69) is 45.1 Å². The average molecular weight is 308 g/mol. The van der Waals surface area contributed by atoms with Crippen molar-refractivity contribution < 1.29 is 0 Å². The Hall–Kier alpha value is -1.40. The second-order valence-corrected chi connectivity index (χ2v) is 6.33. The first kappa shape index (κ1) is 15.0. The van der Waals surface area contributed by atoms with Crippen LogP contribution in [0.15, 0.2) is 27.9 Å². The highest BCUT2D eigenvalue weighted by molar-refractivity contribution is 7.10. The van der Waals surface area contributed by atoms with Gasteiger partial charge >= 0.3 is 0 Å². The Morgan fingerprint density at radius 1 is 1.40 bits per heavy atom. The molecular formula is C14H20N4S2. The predicted octanol–water partition coefficient (Wildman–Crippen LogP) is 2.46. The first-order valence-corrected chi connectivity index (χ1v) is 8.53. The summed E-state index contributed by atoms with van der Waals surface area (Å²) < 4.78 is 0. The van der Waals surface area contributed by atoms with Gasteiger partial charge in [0.2, 0.25) is 0 Å². The van der Waals surface area contributed by atoms with E-state index in [1.807, 2.05) is 0 Å². The maximum Gasteiger partial charge on any atom is 0.188 e. The quantitative estimate of drug-likeness (QED) is 0.610. The van der Waals surface area contributed by atoms with Gasteiger partial charge in [-0.1, -0.05) is 13.0 Å². The van der Waals surface area contributed by atoms with E-state index in [9.17, 15) is 0 Å². The number of nitrogens with two attached hydrogens (primary N) is 1. The van der Waals surface area contributed by atoms with E-state index in [1.165, 1.54) is 9.88 Å². The summed E-state index contributed by atoms with van der Waals surface area (Å²) >= 11 is 3.48. The molecule has 0 atom stereocenters. The Labute approximate surface area is 127 Å². The van der Waals surface area contributed by atoms with E-state index in [1.54, 1.807) is 22.7 Å². The van der Waals surface area contributed by atoms with Crippen LogP contribution in [0.5, 0.6) is 0 Å². The van der Waals surface area contributed by atoms with Crippen LogP contribution in [0.1, 0.15) is 22.5 Å². The molecule has 0 aliphatic heterocycles. The molecule has 0 fully saturated rings. The minimum Gasteiger partial charge on any atom is -0.370 e. The van der Waals surface area contributed by atoms with Gasteiger partial charge in [-0.3, -0.25) is 4.99 Å². The summed E-state index contributed by atoms with van der Waals surface area (Å²) in [7, 11) is 0. The molecule has 0 amide bonds. The molecule has 0 bridgehead atoms. The number of hydrogen-bond acceptors (Lipinski definition) is 4. The van der Waals surface area contributed by atoms with Crippen LogP contribution in [0.3, 0.4) is 0 Å². The van der Waals surface area contributed by atoms with Gasteiger partial charge in [-0.15, -0.1) is 22.7 Å². The fourth-order valence-corrected chi connectivity index (χ4v) is 3.22. The highest BCUT2D eigenvalue weighted by Gasteiger charge is 2.00. The molecular weight excluding hydrogens is 288 g/mol. The molecule has 2 heterocycles. The van der Waals surface area contributed by atoms with Crippen molar-refractivity contribution in [3.8, 4) is 0 Å². The number of guanidine groups is 1. The van der Waals surface area contributed by atoms with E-state index in [0.29, 0.717) is 5.96 Å². The lowest BCUT2D eigenvalue weighted by atomic mass is 10.3. The van der Waals surface area contributed by atoms with Gasteiger partial charge in [-0.2, -0.15) is 0 Å². The molecule has 2 aromatic heterocycles. The average Bonchev–Trinajstić information content (AvgIpc) is 3.10. The van der Waals surface area contributed by atoms with Crippen LogP contribution in [0.4, 0.5) is 0 Å².